The predicted molar refractivity (Wildman–Crippen MR) is 131 cm³/mol. The molecule has 182 valence electrons. The topological polar surface area (TPSA) is 96.0 Å². The van der Waals surface area contributed by atoms with E-state index in [1.54, 1.807) is 25.3 Å². The van der Waals surface area contributed by atoms with Crippen molar-refractivity contribution < 1.29 is 19.4 Å². The van der Waals surface area contributed by atoms with Gasteiger partial charge in [-0.2, -0.15) is 0 Å². The number of nitrogens with one attached hydrogen (secondary N) is 2. The van der Waals surface area contributed by atoms with Crippen LogP contribution in [0.4, 0.5) is 5.82 Å². The molecule has 1 amide bonds. The fourth-order valence-corrected chi connectivity index (χ4v) is 3.38. The lowest BCUT2D eigenvalue weighted by Gasteiger charge is -2.29. The number of aromatic nitrogens is 1. The normalized spacial score (nSPS) is 16.4. The molecule has 1 aliphatic rings. The average molecular weight is 467 g/mol. The summed E-state index contributed by atoms with van der Waals surface area (Å²) in [7, 11) is 3.30. The number of hydrogen-bond acceptors (Lipinski definition) is 7. The van der Waals surface area contributed by atoms with Gasteiger partial charge in [0.2, 0.25) is 0 Å². The molecule has 34 heavy (non-hydrogen) atoms. The summed E-state index contributed by atoms with van der Waals surface area (Å²) in [6, 6.07) is 7.51. The van der Waals surface area contributed by atoms with E-state index in [1.165, 1.54) is 0 Å². The molecule has 1 unspecified atom stereocenters. The number of aliphatic hydroxyl groups is 1. The predicted octanol–water partition coefficient (Wildman–Crippen LogP) is 2.75. The molecule has 1 aromatic heterocycles. The molecule has 1 atom stereocenters. The fraction of sp³-hybridized carbons (Fsp3) is 0.462. The highest BCUT2D eigenvalue weighted by Crippen LogP contribution is 2.32. The SMILES string of the molecule is COc1cccc(CN(C)C(=O)C#Cc2cnc3c(c2)CNC(C)(C)C(O)N3)c1OCC(C)C. The number of pyridine rings is 1. The first-order chi connectivity index (χ1) is 16.1. The first-order valence-corrected chi connectivity index (χ1v) is 11.3. The van der Waals surface area contributed by atoms with Gasteiger partial charge < -0.3 is 30.1 Å². The Kier molecular flexibility index (Phi) is 8.02. The largest absolute Gasteiger partial charge is 0.493 e. The molecule has 1 aliphatic heterocycles. The maximum atomic E-state index is 12.7. The Hall–Kier alpha value is -3.28. The van der Waals surface area contributed by atoms with Crippen molar-refractivity contribution in [1.29, 1.82) is 0 Å². The quantitative estimate of drug-likeness (QED) is 0.564. The van der Waals surface area contributed by atoms with E-state index in [0.29, 0.717) is 48.5 Å². The molecular weight excluding hydrogens is 432 g/mol. The van der Waals surface area contributed by atoms with Crippen molar-refractivity contribution in [2.24, 2.45) is 5.92 Å². The Morgan fingerprint density at radius 1 is 1.38 bits per heavy atom. The zero-order valence-corrected chi connectivity index (χ0v) is 20.7. The number of nitrogens with zero attached hydrogens (tertiary/aromatic N) is 2. The van der Waals surface area contributed by atoms with Crippen LogP contribution in [0.3, 0.4) is 0 Å². The van der Waals surface area contributed by atoms with Gasteiger partial charge in [0.25, 0.3) is 5.91 Å². The van der Waals surface area contributed by atoms with Crippen molar-refractivity contribution in [1.82, 2.24) is 15.2 Å². The monoisotopic (exact) mass is 466 g/mol. The number of anilines is 1. The van der Waals surface area contributed by atoms with E-state index >= 15 is 0 Å². The first kappa shape index (κ1) is 25.3. The zero-order valence-electron chi connectivity index (χ0n) is 20.7. The number of benzene rings is 1. The summed E-state index contributed by atoms with van der Waals surface area (Å²) in [4.78, 5) is 18.7. The Bertz CT molecular complexity index is 1090. The minimum absolute atomic E-state index is 0.319. The minimum atomic E-state index is -0.778. The second-order valence-electron chi connectivity index (χ2n) is 9.42. The molecule has 0 spiro atoms. The number of ether oxygens (including phenoxy) is 2. The lowest BCUT2D eigenvalue weighted by molar-refractivity contribution is -0.124. The molecule has 2 heterocycles. The first-order valence-electron chi connectivity index (χ1n) is 11.3. The third-order valence-electron chi connectivity index (χ3n) is 5.57. The van der Waals surface area contributed by atoms with Gasteiger partial charge >= 0.3 is 0 Å². The maximum Gasteiger partial charge on any atom is 0.298 e. The van der Waals surface area contributed by atoms with Crippen molar-refractivity contribution in [3.05, 3.63) is 47.2 Å². The number of para-hydroxylation sites is 1. The summed E-state index contributed by atoms with van der Waals surface area (Å²) < 4.78 is 11.4. The highest BCUT2D eigenvalue weighted by molar-refractivity contribution is 5.94. The number of methoxy groups -OCH3 is 1. The molecule has 0 saturated carbocycles. The second kappa shape index (κ2) is 10.8. The lowest BCUT2D eigenvalue weighted by Crippen LogP contribution is -2.51. The molecule has 8 heteroatoms. The van der Waals surface area contributed by atoms with Crippen LogP contribution < -0.4 is 20.1 Å². The molecule has 0 bridgehead atoms. The molecule has 1 aromatic carbocycles. The number of aliphatic hydroxyl groups excluding tert-OH is 1. The summed E-state index contributed by atoms with van der Waals surface area (Å²) in [6.45, 7) is 9.38. The molecule has 3 rings (SSSR count). The van der Waals surface area contributed by atoms with E-state index in [4.69, 9.17) is 9.47 Å². The number of rotatable bonds is 6. The van der Waals surface area contributed by atoms with Gasteiger partial charge in [-0.3, -0.25) is 4.79 Å². The Balaban J connectivity index is 1.73. The van der Waals surface area contributed by atoms with Crippen molar-refractivity contribution in [2.45, 2.75) is 52.6 Å². The minimum Gasteiger partial charge on any atom is -0.493 e. The van der Waals surface area contributed by atoms with Crippen molar-refractivity contribution in [3.8, 4) is 23.3 Å². The van der Waals surface area contributed by atoms with Gasteiger partial charge in [0.05, 0.1) is 25.8 Å². The van der Waals surface area contributed by atoms with Crippen molar-refractivity contribution in [2.75, 3.05) is 26.1 Å². The van der Waals surface area contributed by atoms with Gasteiger partial charge in [-0.15, -0.1) is 0 Å². The third-order valence-corrected chi connectivity index (χ3v) is 5.57. The smallest absolute Gasteiger partial charge is 0.298 e. The molecule has 0 aliphatic carbocycles. The van der Waals surface area contributed by atoms with E-state index in [-0.39, 0.29) is 5.91 Å². The van der Waals surface area contributed by atoms with Crippen LogP contribution in [0.1, 0.15) is 44.4 Å². The maximum absolute atomic E-state index is 12.7. The zero-order chi connectivity index (χ0) is 24.9. The van der Waals surface area contributed by atoms with E-state index in [2.05, 4.69) is 41.3 Å². The van der Waals surface area contributed by atoms with Crippen LogP contribution in [-0.4, -0.2) is 53.4 Å². The molecule has 3 N–H and O–H groups in total. The highest BCUT2D eigenvalue weighted by Gasteiger charge is 2.31. The molecule has 0 saturated heterocycles. The Morgan fingerprint density at radius 2 is 2.15 bits per heavy atom. The number of carbonyl (C=O) groups excluding carboxylic acids is 1. The van der Waals surface area contributed by atoms with Crippen LogP contribution >= 0.6 is 0 Å². The van der Waals surface area contributed by atoms with Gasteiger partial charge in [-0.25, -0.2) is 4.98 Å². The molecule has 0 fully saturated rings. The van der Waals surface area contributed by atoms with Crippen molar-refractivity contribution in [3.63, 3.8) is 0 Å². The van der Waals surface area contributed by atoms with E-state index in [0.717, 1.165) is 11.1 Å². The van der Waals surface area contributed by atoms with Crippen LogP contribution in [-0.2, 0) is 17.9 Å². The Labute approximate surface area is 201 Å². The van der Waals surface area contributed by atoms with Crippen LogP contribution in [0.5, 0.6) is 11.5 Å². The number of hydrogen-bond donors (Lipinski definition) is 3. The van der Waals surface area contributed by atoms with Gasteiger partial charge in [0, 0.05) is 42.4 Å². The van der Waals surface area contributed by atoms with Crippen molar-refractivity contribution >= 4 is 11.7 Å². The summed E-state index contributed by atoms with van der Waals surface area (Å²) >= 11 is 0. The molecule has 0 radical (unpaired) electrons. The average Bonchev–Trinajstić information content (AvgIpc) is 2.91. The lowest BCUT2D eigenvalue weighted by atomic mass is 10.0. The van der Waals surface area contributed by atoms with E-state index in [1.807, 2.05) is 38.1 Å². The molecular formula is C26H34N4O4. The van der Waals surface area contributed by atoms with Crippen LogP contribution in [0.15, 0.2) is 30.5 Å². The standard InChI is InChI=1S/C26H34N4O4/c1-17(2)16-34-23-19(8-7-9-21(23)33-6)15-30(5)22(31)11-10-18-12-20-14-28-26(3,4)25(32)29-24(20)27-13-18/h7-9,12-13,17,25,28,32H,14-16H2,1-6H3,(H,27,29). The van der Waals surface area contributed by atoms with Gasteiger partial charge in [0.1, 0.15) is 12.0 Å². The van der Waals surface area contributed by atoms with Gasteiger partial charge in [-0.1, -0.05) is 31.9 Å². The summed E-state index contributed by atoms with van der Waals surface area (Å²) in [5.41, 5.74) is 1.84. The van der Waals surface area contributed by atoms with Crippen LogP contribution in [0, 0.1) is 17.8 Å². The van der Waals surface area contributed by atoms with Crippen LogP contribution in [0.25, 0.3) is 0 Å². The Morgan fingerprint density at radius 3 is 2.85 bits per heavy atom. The summed E-state index contributed by atoms with van der Waals surface area (Å²) in [5.74, 6) is 7.54. The number of amides is 1. The molecule has 8 nitrogen and oxygen atoms in total. The van der Waals surface area contributed by atoms with E-state index < -0.39 is 11.8 Å². The van der Waals surface area contributed by atoms with E-state index in [9.17, 15) is 9.90 Å². The van der Waals surface area contributed by atoms with Gasteiger partial charge in [0.15, 0.2) is 11.5 Å². The van der Waals surface area contributed by atoms with Crippen LogP contribution in [0.2, 0.25) is 0 Å². The highest BCUT2D eigenvalue weighted by atomic mass is 16.5. The summed E-state index contributed by atoms with van der Waals surface area (Å²) in [6.07, 6.45) is 0.816. The second-order valence-corrected chi connectivity index (χ2v) is 9.42. The third kappa shape index (κ3) is 6.19. The fourth-order valence-electron chi connectivity index (χ4n) is 3.38. The number of carbonyl (C=O) groups is 1. The number of fused-ring (bicyclic) bond motifs is 1. The summed E-state index contributed by atoms with van der Waals surface area (Å²) in [5, 5.41) is 16.6. The molecule has 2 aromatic rings. The van der Waals surface area contributed by atoms with Gasteiger partial charge in [-0.05, 0) is 31.9 Å².